The number of nitrogens with two attached hydrogens (primary N) is 1. The lowest BCUT2D eigenvalue weighted by Gasteiger charge is -2.09. The van der Waals surface area contributed by atoms with Gasteiger partial charge in [0.1, 0.15) is 5.75 Å². The van der Waals surface area contributed by atoms with Gasteiger partial charge in [-0.3, -0.25) is 0 Å². The van der Waals surface area contributed by atoms with Gasteiger partial charge < -0.3 is 10.5 Å². The first-order chi connectivity index (χ1) is 9.63. The third-order valence-electron chi connectivity index (χ3n) is 3.26. The molecule has 0 aliphatic rings. The van der Waals surface area contributed by atoms with Crippen molar-refractivity contribution >= 4 is 16.9 Å². The largest absolute Gasteiger partial charge is 0.436 e. The van der Waals surface area contributed by atoms with Crippen molar-refractivity contribution in [3.05, 3.63) is 53.6 Å². The first-order valence-electron chi connectivity index (χ1n) is 6.41. The molecule has 0 saturated carbocycles. The van der Waals surface area contributed by atoms with Crippen molar-refractivity contribution in [1.82, 2.24) is 9.97 Å². The molecule has 0 amide bonds. The topological polar surface area (TPSA) is 61.0 Å². The van der Waals surface area contributed by atoms with Crippen molar-refractivity contribution in [2.45, 2.75) is 13.8 Å². The molecule has 4 nitrogen and oxygen atoms in total. The highest BCUT2D eigenvalue weighted by Gasteiger charge is 2.08. The maximum Gasteiger partial charge on any atom is 0.263 e. The highest BCUT2D eigenvalue weighted by atomic mass is 16.5. The second kappa shape index (κ2) is 4.81. The van der Waals surface area contributed by atoms with Crippen LogP contribution >= 0.6 is 0 Å². The summed E-state index contributed by atoms with van der Waals surface area (Å²) in [6, 6.07) is 13.4. The van der Waals surface area contributed by atoms with Gasteiger partial charge in [-0.05, 0) is 49.2 Å². The van der Waals surface area contributed by atoms with Crippen LogP contribution in [0.4, 0.5) is 5.82 Å². The summed E-state index contributed by atoms with van der Waals surface area (Å²) in [6.07, 6.45) is 0. The average molecular weight is 265 g/mol. The molecule has 0 bridgehead atoms. The molecule has 0 unspecified atom stereocenters. The minimum absolute atomic E-state index is 0.293. The van der Waals surface area contributed by atoms with Crippen molar-refractivity contribution in [1.29, 1.82) is 0 Å². The lowest BCUT2D eigenvalue weighted by Crippen LogP contribution is -1.99. The number of hydrogen-bond donors (Lipinski definition) is 1. The maximum atomic E-state index is 5.90. The molecule has 0 spiro atoms. The molecular weight excluding hydrogens is 250 g/mol. The molecule has 1 aromatic heterocycles. The number of para-hydroxylation sites is 2. The molecule has 4 heteroatoms. The van der Waals surface area contributed by atoms with Gasteiger partial charge in [0, 0.05) is 0 Å². The fourth-order valence-corrected chi connectivity index (χ4v) is 1.96. The number of aryl methyl sites for hydroxylation is 2. The number of rotatable bonds is 2. The van der Waals surface area contributed by atoms with Gasteiger partial charge in [0.05, 0.1) is 11.0 Å². The summed E-state index contributed by atoms with van der Waals surface area (Å²) in [5, 5.41) is 0. The molecule has 0 atom stereocenters. The zero-order valence-electron chi connectivity index (χ0n) is 11.4. The Hall–Kier alpha value is -2.62. The first-order valence-corrected chi connectivity index (χ1v) is 6.41. The van der Waals surface area contributed by atoms with E-state index in [9.17, 15) is 0 Å². The summed E-state index contributed by atoms with van der Waals surface area (Å²) < 4.78 is 5.75. The van der Waals surface area contributed by atoms with Gasteiger partial charge in [-0.1, -0.05) is 18.2 Å². The summed E-state index contributed by atoms with van der Waals surface area (Å²) in [7, 11) is 0. The monoisotopic (exact) mass is 265 g/mol. The van der Waals surface area contributed by atoms with Gasteiger partial charge in [-0.25, -0.2) is 9.97 Å². The minimum atomic E-state index is 0.293. The van der Waals surface area contributed by atoms with Gasteiger partial charge in [0.15, 0.2) is 5.82 Å². The first kappa shape index (κ1) is 12.4. The highest BCUT2D eigenvalue weighted by Crippen LogP contribution is 2.27. The zero-order valence-corrected chi connectivity index (χ0v) is 11.4. The number of nitrogen functional groups attached to an aromatic ring is 1. The fourth-order valence-electron chi connectivity index (χ4n) is 1.96. The lowest BCUT2D eigenvalue weighted by molar-refractivity contribution is 0.465. The Bertz CT molecular complexity index is 784. The van der Waals surface area contributed by atoms with E-state index in [1.165, 1.54) is 5.56 Å². The Kier molecular flexibility index (Phi) is 2.99. The summed E-state index contributed by atoms with van der Waals surface area (Å²) in [6.45, 7) is 4.10. The normalized spacial score (nSPS) is 10.7. The van der Waals surface area contributed by atoms with Crippen molar-refractivity contribution in [3.63, 3.8) is 0 Å². The molecule has 0 radical (unpaired) electrons. The third-order valence-corrected chi connectivity index (χ3v) is 3.26. The number of hydrogen-bond acceptors (Lipinski definition) is 4. The predicted octanol–water partition coefficient (Wildman–Crippen LogP) is 3.62. The van der Waals surface area contributed by atoms with Crippen molar-refractivity contribution in [3.8, 4) is 11.6 Å². The molecule has 0 fully saturated rings. The van der Waals surface area contributed by atoms with E-state index < -0.39 is 0 Å². The van der Waals surface area contributed by atoms with Gasteiger partial charge in [0.2, 0.25) is 0 Å². The van der Waals surface area contributed by atoms with Crippen LogP contribution in [0.2, 0.25) is 0 Å². The number of fused-ring (bicyclic) bond motifs is 1. The molecule has 100 valence electrons. The third kappa shape index (κ3) is 2.28. The van der Waals surface area contributed by atoms with E-state index in [2.05, 4.69) is 16.9 Å². The number of nitrogens with zero attached hydrogens (tertiary/aromatic N) is 2. The average Bonchev–Trinajstić information content (AvgIpc) is 2.44. The zero-order chi connectivity index (χ0) is 14.1. The quantitative estimate of drug-likeness (QED) is 0.768. The molecule has 1 heterocycles. The Labute approximate surface area is 117 Å². The Balaban J connectivity index is 2.01. The number of anilines is 1. The summed E-state index contributed by atoms with van der Waals surface area (Å²) in [5.41, 5.74) is 9.81. The van der Waals surface area contributed by atoms with Crippen LogP contribution in [0.5, 0.6) is 11.6 Å². The van der Waals surface area contributed by atoms with Gasteiger partial charge in [-0.2, -0.15) is 0 Å². The van der Waals surface area contributed by atoms with Crippen LogP contribution in [0.3, 0.4) is 0 Å². The van der Waals surface area contributed by atoms with Crippen molar-refractivity contribution in [2.75, 3.05) is 5.73 Å². The summed E-state index contributed by atoms with van der Waals surface area (Å²) >= 11 is 0. The van der Waals surface area contributed by atoms with E-state index in [1.807, 2.05) is 49.4 Å². The number of benzene rings is 2. The molecule has 2 N–H and O–H groups in total. The Morgan fingerprint density at radius 3 is 2.30 bits per heavy atom. The molecule has 0 aliphatic heterocycles. The van der Waals surface area contributed by atoms with E-state index >= 15 is 0 Å². The van der Waals surface area contributed by atoms with Crippen LogP contribution in [0.25, 0.3) is 11.0 Å². The minimum Gasteiger partial charge on any atom is -0.436 e. The van der Waals surface area contributed by atoms with Gasteiger partial charge in [0.25, 0.3) is 5.88 Å². The summed E-state index contributed by atoms with van der Waals surface area (Å²) in [5.74, 6) is 1.35. The van der Waals surface area contributed by atoms with E-state index in [1.54, 1.807) is 0 Å². The molecule has 3 rings (SSSR count). The van der Waals surface area contributed by atoms with Crippen LogP contribution in [0, 0.1) is 13.8 Å². The van der Waals surface area contributed by atoms with Crippen LogP contribution < -0.4 is 10.5 Å². The SMILES string of the molecule is Cc1ccc(Oc2nc3ccccc3nc2N)cc1C. The van der Waals surface area contributed by atoms with E-state index in [4.69, 9.17) is 10.5 Å². The summed E-state index contributed by atoms with van der Waals surface area (Å²) in [4.78, 5) is 8.71. The molecule has 2 aromatic carbocycles. The number of ether oxygens (including phenoxy) is 1. The standard InChI is InChI=1S/C16H15N3O/c1-10-7-8-12(9-11(10)2)20-16-15(17)18-13-5-3-4-6-14(13)19-16/h3-9H,1-2H3,(H2,17,18). The van der Waals surface area contributed by atoms with Crippen molar-refractivity contribution in [2.24, 2.45) is 0 Å². The van der Waals surface area contributed by atoms with E-state index in [-0.39, 0.29) is 0 Å². The second-order valence-corrected chi connectivity index (χ2v) is 4.75. The van der Waals surface area contributed by atoms with Crippen LogP contribution in [0.1, 0.15) is 11.1 Å². The van der Waals surface area contributed by atoms with Crippen molar-refractivity contribution < 1.29 is 4.74 Å². The van der Waals surface area contributed by atoms with Gasteiger partial charge in [-0.15, -0.1) is 0 Å². The molecule has 0 saturated heterocycles. The van der Waals surface area contributed by atoms with Crippen LogP contribution in [0.15, 0.2) is 42.5 Å². The highest BCUT2D eigenvalue weighted by molar-refractivity contribution is 5.76. The van der Waals surface area contributed by atoms with Gasteiger partial charge >= 0.3 is 0 Å². The Morgan fingerprint density at radius 2 is 1.60 bits per heavy atom. The fraction of sp³-hybridized carbons (Fsp3) is 0.125. The van der Waals surface area contributed by atoms with Crippen LogP contribution in [-0.2, 0) is 0 Å². The van der Waals surface area contributed by atoms with Crippen LogP contribution in [-0.4, -0.2) is 9.97 Å². The molecule has 20 heavy (non-hydrogen) atoms. The Morgan fingerprint density at radius 1 is 0.900 bits per heavy atom. The second-order valence-electron chi connectivity index (χ2n) is 4.75. The lowest BCUT2D eigenvalue weighted by atomic mass is 10.1. The van der Waals surface area contributed by atoms with E-state index in [0.29, 0.717) is 17.4 Å². The molecule has 0 aliphatic carbocycles. The molecule has 3 aromatic rings. The number of aromatic nitrogens is 2. The smallest absolute Gasteiger partial charge is 0.263 e. The van der Waals surface area contributed by atoms with E-state index in [0.717, 1.165) is 16.6 Å². The molecular formula is C16H15N3O. The predicted molar refractivity (Wildman–Crippen MR) is 79.9 cm³/mol. The maximum absolute atomic E-state index is 5.90.